The van der Waals surface area contributed by atoms with Gasteiger partial charge in [-0.2, -0.15) is 4.98 Å². The zero-order chi connectivity index (χ0) is 26.9. The molecule has 1 atom stereocenters. The minimum Gasteiger partial charge on any atom is -0.348 e. The molecule has 1 aliphatic heterocycles. The van der Waals surface area contributed by atoms with Crippen LogP contribution in [0.15, 0.2) is 65.6 Å². The second-order valence-electron chi connectivity index (χ2n) is 9.67. The van der Waals surface area contributed by atoms with Gasteiger partial charge >= 0.3 is 0 Å². The monoisotopic (exact) mass is 525 g/mol. The molecule has 1 saturated heterocycles. The number of hydrogen-bond donors (Lipinski definition) is 1. The number of rotatable bonds is 7. The maximum absolute atomic E-state index is 14.3. The number of nitrogens with zero attached hydrogens (tertiary/aromatic N) is 4. The third-order valence-corrected chi connectivity index (χ3v) is 6.92. The van der Waals surface area contributed by atoms with Crippen LogP contribution >= 0.6 is 0 Å². The van der Waals surface area contributed by atoms with E-state index in [2.05, 4.69) is 15.3 Å². The lowest BCUT2D eigenvalue weighted by Gasteiger charge is -2.31. The molecular weight excluding hydrogens is 498 g/mol. The van der Waals surface area contributed by atoms with Crippen LogP contribution in [0.4, 0.5) is 23.5 Å². The molecular formula is C28H27F4N5O. The lowest BCUT2D eigenvalue weighted by Crippen LogP contribution is -2.38. The summed E-state index contributed by atoms with van der Waals surface area (Å²) >= 11 is 0. The molecule has 0 radical (unpaired) electrons. The van der Waals surface area contributed by atoms with Crippen LogP contribution in [0.2, 0.25) is 0 Å². The van der Waals surface area contributed by atoms with Gasteiger partial charge in [-0.05, 0) is 36.2 Å². The summed E-state index contributed by atoms with van der Waals surface area (Å²) in [5.74, 6) is -3.78. The summed E-state index contributed by atoms with van der Waals surface area (Å²) in [5.41, 5.74) is 1.60. The lowest BCUT2D eigenvalue weighted by molar-refractivity contribution is -0.0566. The maximum atomic E-state index is 14.3. The zero-order valence-corrected chi connectivity index (χ0v) is 20.8. The van der Waals surface area contributed by atoms with E-state index in [9.17, 15) is 22.4 Å². The number of pyridine rings is 1. The molecule has 0 saturated carbocycles. The average Bonchev–Trinajstić information content (AvgIpc) is 2.89. The molecule has 0 amide bonds. The lowest BCUT2D eigenvalue weighted by atomic mass is 10.0. The van der Waals surface area contributed by atoms with E-state index >= 15 is 0 Å². The van der Waals surface area contributed by atoms with Crippen molar-refractivity contribution in [3.05, 3.63) is 99.5 Å². The second-order valence-corrected chi connectivity index (χ2v) is 9.67. The number of nitrogens with one attached hydrogen (secondary N) is 1. The van der Waals surface area contributed by atoms with Crippen molar-refractivity contribution in [2.24, 2.45) is 0 Å². The summed E-state index contributed by atoms with van der Waals surface area (Å²) in [7, 11) is 0. The van der Waals surface area contributed by atoms with Crippen molar-refractivity contribution >= 4 is 17.0 Å². The van der Waals surface area contributed by atoms with E-state index in [1.54, 1.807) is 12.3 Å². The quantitative estimate of drug-likeness (QED) is 0.322. The maximum Gasteiger partial charge on any atom is 0.252 e. The number of fused-ring (bicyclic) bond motifs is 1. The highest BCUT2D eigenvalue weighted by molar-refractivity contribution is 5.75. The van der Waals surface area contributed by atoms with Crippen LogP contribution in [0.3, 0.4) is 0 Å². The van der Waals surface area contributed by atoms with Gasteiger partial charge < -0.3 is 5.32 Å². The topological polar surface area (TPSA) is 63.1 Å². The van der Waals surface area contributed by atoms with E-state index in [1.165, 1.54) is 16.7 Å². The molecule has 3 heterocycles. The van der Waals surface area contributed by atoms with Crippen LogP contribution in [0.5, 0.6) is 0 Å². The Labute approximate surface area is 217 Å². The van der Waals surface area contributed by atoms with Crippen molar-refractivity contribution in [3.8, 4) is 0 Å². The van der Waals surface area contributed by atoms with Crippen LogP contribution in [0.25, 0.3) is 11.0 Å². The van der Waals surface area contributed by atoms with Crippen LogP contribution in [-0.2, 0) is 13.1 Å². The molecule has 5 rings (SSSR count). The highest BCUT2D eigenvalue weighted by Crippen LogP contribution is 2.28. The Hall–Kier alpha value is -3.79. The van der Waals surface area contributed by atoms with Gasteiger partial charge in [0.15, 0.2) is 0 Å². The minimum absolute atomic E-state index is 0.110. The summed E-state index contributed by atoms with van der Waals surface area (Å²) in [6, 6.07) is 14.1. The van der Waals surface area contributed by atoms with Crippen molar-refractivity contribution < 1.29 is 17.6 Å². The Morgan fingerprint density at radius 1 is 0.974 bits per heavy atom. The molecule has 198 valence electrons. The van der Waals surface area contributed by atoms with Gasteiger partial charge in [0.1, 0.15) is 17.3 Å². The Bertz CT molecular complexity index is 1480. The third kappa shape index (κ3) is 5.70. The smallest absolute Gasteiger partial charge is 0.252 e. The number of anilines is 1. The molecule has 2 aromatic carbocycles. The average molecular weight is 526 g/mol. The van der Waals surface area contributed by atoms with E-state index in [1.807, 2.05) is 36.1 Å². The number of piperidine rings is 1. The molecule has 10 heteroatoms. The summed E-state index contributed by atoms with van der Waals surface area (Å²) < 4.78 is 56.6. The minimum atomic E-state index is -2.56. The van der Waals surface area contributed by atoms with Gasteiger partial charge in [0.05, 0.1) is 12.6 Å². The predicted octanol–water partition coefficient (Wildman–Crippen LogP) is 5.52. The van der Waals surface area contributed by atoms with Gasteiger partial charge in [-0.3, -0.25) is 14.3 Å². The first-order valence-electron chi connectivity index (χ1n) is 12.4. The molecule has 38 heavy (non-hydrogen) atoms. The van der Waals surface area contributed by atoms with Crippen molar-refractivity contribution in [2.75, 3.05) is 18.4 Å². The van der Waals surface area contributed by atoms with Crippen LogP contribution < -0.4 is 10.9 Å². The van der Waals surface area contributed by atoms with Gasteiger partial charge in [0.25, 0.3) is 11.5 Å². The number of alkyl halides is 2. The summed E-state index contributed by atoms with van der Waals surface area (Å²) in [6.45, 7) is 2.99. The first-order chi connectivity index (χ1) is 18.2. The van der Waals surface area contributed by atoms with Gasteiger partial charge in [-0.15, -0.1) is 0 Å². The first-order valence-corrected chi connectivity index (χ1v) is 12.4. The Morgan fingerprint density at radius 2 is 1.66 bits per heavy atom. The SMILES string of the molecule is C[C@H](Nc1ncc2ccc(=O)n(Cc3c(F)cccc3F)c2n1)c1ccc(CN2CCC(F)(F)CC2)cc1. The van der Waals surface area contributed by atoms with Crippen LogP contribution in [-0.4, -0.2) is 38.4 Å². The molecule has 2 aromatic heterocycles. The van der Waals surface area contributed by atoms with Crippen molar-refractivity contribution in [1.29, 1.82) is 0 Å². The highest BCUT2D eigenvalue weighted by atomic mass is 19.3. The number of likely N-dealkylation sites (tertiary alicyclic amines) is 1. The van der Waals surface area contributed by atoms with Crippen molar-refractivity contribution in [1.82, 2.24) is 19.4 Å². The molecule has 4 aromatic rings. The molecule has 6 nitrogen and oxygen atoms in total. The molecule has 1 aliphatic rings. The van der Waals surface area contributed by atoms with Crippen LogP contribution in [0, 0.1) is 11.6 Å². The van der Waals surface area contributed by atoms with Crippen molar-refractivity contribution in [3.63, 3.8) is 0 Å². The number of benzene rings is 2. The fourth-order valence-corrected chi connectivity index (χ4v) is 4.62. The molecule has 1 fully saturated rings. The highest BCUT2D eigenvalue weighted by Gasteiger charge is 2.33. The predicted molar refractivity (Wildman–Crippen MR) is 137 cm³/mol. The zero-order valence-electron chi connectivity index (χ0n) is 20.8. The molecule has 1 N–H and O–H groups in total. The van der Waals surface area contributed by atoms with E-state index in [-0.39, 0.29) is 42.6 Å². The largest absolute Gasteiger partial charge is 0.348 e. The fraction of sp³-hybridized carbons (Fsp3) is 0.321. The van der Waals surface area contributed by atoms with Gasteiger partial charge in [-0.1, -0.05) is 30.3 Å². The van der Waals surface area contributed by atoms with Crippen LogP contribution in [0.1, 0.15) is 42.5 Å². The first kappa shape index (κ1) is 25.8. The number of hydrogen-bond acceptors (Lipinski definition) is 5. The fourth-order valence-electron chi connectivity index (χ4n) is 4.62. The van der Waals surface area contributed by atoms with Gasteiger partial charge in [0.2, 0.25) is 5.95 Å². The Kier molecular flexibility index (Phi) is 7.16. The molecule has 0 aliphatic carbocycles. The third-order valence-electron chi connectivity index (χ3n) is 6.92. The van der Waals surface area contributed by atoms with Crippen molar-refractivity contribution in [2.45, 2.75) is 44.8 Å². The van der Waals surface area contributed by atoms with Gasteiger partial charge in [0, 0.05) is 55.7 Å². The summed E-state index contributed by atoms with van der Waals surface area (Å²) in [6.07, 6.45) is 1.33. The molecule has 0 bridgehead atoms. The second kappa shape index (κ2) is 10.5. The standard InChI is InChI=1S/C28H27F4N5O/c1-18(20-7-5-19(6-8-20)16-36-13-11-28(31,32)12-14-36)34-27-33-15-21-9-10-25(38)37(26(21)35-27)17-22-23(29)3-2-4-24(22)30/h2-10,15,18H,11-14,16-17H2,1H3,(H,33,34,35)/t18-/m0/s1. The molecule has 0 spiro atoms. The van der Waals surface area contributed by atoms with E-state index in [0.29, 0.717) is 25.0 Å². The van der Waals surface area contributed by atoms with E-state index in [4.69, 9.17) is 0 Å². The number of halogens is 4. The summed E-state index contributed by atoms with van der Waals surface area (Å²) in [5, 5.41) is 3.77. The summed E-state index contributed by atoms with van der Waals surface area (Å²) in [4.78, 5) is 23.5. The normalized spacial score (nSPS) is 16.4. The van der Waals surface area contributed by atoms with Gasteiger partial charge in [-0.25, -0.2) is 22.5 Å². The van der Waals surface area contributed by atoms with E-state index < -0.39 is 23.1 Å². The number of aromatic nitrogens is 3. The molecule has 0 unspecified atom stereocenters. The Morgan fingerprint density at radius 3 is 2.34 bits per heavy atom. The Balaban J connectivity index is 1.32. The van der Waals surface area contributed by atoms with E-state index in [0.717, 1.165) is 23.3 Å².